The summed E-state index contributed by atoms with van der Waals surface area (Å²) in [4.78, 5) is 94.1. The SMILES string of the molecule is COc1c(Br)cc2c(C(C(=O)Nc3ccc4ccccc4c3)P(C)(=O)O)coc2c1Br.CP(=O)(O)C(C(=O)Nc1ccc2ccccc2c1)c1coc2c(Br)cc(Br)cc12.CP(=O)(O)C(C(=O)Nc1ccc2ccccc2c1)c1coc2ccc(Cl)cc12.Cc1c(Br)cc2c(C(C(=O)Nc3ccc4ccccc4c3)P(C)(=O)O)coc2c1Br. The predicted octanol–water partition coefficient (Wildman–Crippen LogP) is 26.2. The average molecular weight is 2070 g/mol. The molecule has 0 spiro atoms. The van der Waals surface area contributed by atoms with Crippen molar-refractivity contribution in [3.05, 3.63) is 297 Å². The number of benzene rings is 12. The Morgan fingerprint density at radius 1 is 0.364 bits per heavy atom. The number of nitrogens with one attached hydrogen (secondary N) is 4. The van der Waals surface area contributed by atoms with E-state index < -0.39 is 75.7 Å². The number of methoxy groups -OCH3 is 1. The van der Waals surface area contributed by atoms with E-state index in [4.69, 9.17) is 34.0 Å². The third-order valence-corrected chi connectivity index (χ3v) is 29.6. The zero-order chi connectivity index (χ0) is 84.6. The molecule has 8 atom stereocenters. The van der Waals surface area contributed by atoms with E-state index in [-0.39, 0.29) is 0 Å². The van der Waals surface area contributed by atoms with Gasteiger partial charge in [-0.2, -0.15) is 0 Å². The molecular formula is C86H69Br6ClN4O17P4. The Bertz CT molecular complexity index is 6870. The molecule has 0 aliphatic heterocycles. The van der Waals surface area contributed by atoms with Gasteiger partial charge in [-0.3, -0.25) is 37.4 Å². The quantitative estimate of drug-likeness (QED) is 0.0393. The summed E-state index contributed by atoms with van der Waals surface area (Å²) in [5, 5.41) is 21.9. The molecule has 0 bridgehead atoms. The largest absolute Gasteiger partial charge is 0.494 e. The lowest BCUT2D eigenvalue weighted by molar-refractivity contribution is -0.117. The molecule has 0 aliphatic rings. The van der Waals surface area contributed by atoms with Crippen LogP contribution in [0.3, 0.4) is 0 Å². The van der Waals surface area contributed by atoms with Gasteiger partial charge in [0.1, 0.15) is 43.9 Å². The minimum absolute atomic E-state index is 0.325. The van der Waals surface area contributed by atoms with Crippen molar-refractivity contribution >= 4 is 270 Å². The number of rotatable bonds is 17. The van der Waals surface area contributed by atoms with Crippen LogP contribution < -0.4 is 26.0 Å². The van der Waals surface area contributed by atoms with E-state index in [1.165, 1.54) is 58.8 Å². The lowest BCUT2D eigenvalue weighted by atomic mass is 10.1. The summed E-state index contributed by atoms with van der Waals surface area (Å²) >= 11 is 26.8. The van der Waals surface area contributed by atoms with Crippen LogP contribution in [0, 0.1) is 6.92 Å². The van der Waals surface area contributed by atoms with Crippen LogP contribution in [0.4, 0.5) is 22.7 Å². The third kappa shape index (κ3) is 19.4. The van der Waals surface area contributed by atoms with Crippen molar-refractivity contribution in [3.63, 3.8) is 0 Å². The molecule has 0 fully saturated rings. The van der Waals surface area contributed by atoms with Gasteiger partial charge in [-0.1, -0.05) is 165 Å². The molecule has 0 saturated carbocycles. The molecule has 4 aromatic heterocycles. The zero-order valence-corrected chi connectivity index (χ0v) is 76.7. The van der Waals surface area contributed by atoms with E-state index in [1.54, 1.807) is 60.7 Å². The van der Waals surface area contributed by atoms with Gasteiger partial charge in [0.15, 0.2) is 11.3 Å². The van der Waals surface area contributed by atoms with Crippen molar-refractivity contribution in [3.8, 4) is 5.75 Å². The summed E-state index contributed by atoms with van der Waals surface area (Å²) in [6.07, 6.45) is 5.45. The molecule has 8 unspecified atom stereocenters. The van der Waals surface area contributed by atoms with Gasteiger partial charge in [-0.05, 0) is 210 Å². The van der Waals surface area contributed by atoms with Crippen molar-refractivity contribution in [2.24, 2.45) is 0 Å². The molecule has 604 valence electrons. The highest BCUT2D eigenvalue weighted by Gasteiger charge is 2.42. The number of hydrogen-bond acceptors (Lipinski definition) is 13. The molecule has 4 amide bonds. The maximum Gasteiger partial charge on any atom is 0.241 e. The van der Waals surface area contributed by atoms with Crippen LogP contribution in [0.15, 0.2) is 282 Å². The summed E-state index contributed by atoms with van der Waals surface area (Å²) in [7, 11) is -13.9. The topological polar surface area (TPSA) is 327 Å². The molecule has 21 nitrogen and oxygen atoms in total. The molecule has 0 aliphatic carbocycles. The van der Waals surface area contributed by atoms with E-state index in [9.17, 15) is 57.0 Å². The van der Waals surface area contributed by atoms with Crippen LogP contribution in [0.1, 0.15) is 50.5 Å². The smallest absolute Gasteiger partial charge is 0.241 e. The van der Waals surface area contributed by atoms with Crippen LogP contribution in [0.2, 0.25) is 5.02 Å². The van der Waals surface area contributed by atoms with Gasteiger partial charge >= 0.3 is 0 Å². The normalized spacial score (nSPS) is 14.6. The highest BCUT2D eigenvalue weighted by atomic mass is 79.9. The van der Waals surface area contributed by atoms with E-state index in [0.29, 0.717) is 113 Å². The molecule has 8 N–H and O–H groups in total. The first-order valence-electron chi connectivity index (χ1n) is 35.6. The highest BCUT2D eigenvalue weighted by Crippen LogP contribution is 2.59. The average Bonchev–Trinajstić information content (AvgIpc) is 1.61. The molecule has 0 saturated heterocycles. The molecule has 0 radical (unpaired) electrons. The Morgan fingerprint density at radius 2 is 0.678 bits per heavy atom. The molecule has 32 heteroatoms. The van der Waals surface area contributed by atoms with Gasteiger partial charge in [-0.15, -0.1) is 0 Å². The highest BCUT2D eigenvalue weighted by molar-refractivity contribution is 9.12. The van der Waals surface area contributed by atoms with Crippen molar-refractivity contribution < 1.29 is 79.4 Å². The van der Waals surface area contributed by atoms with Gasteiger partial charge in [0, 0.05) is 107 Å². The van der Waals surface area contributed by atoms with Gasteiger partial charge in [0.05, 0.1) is 45.6 Å². The summed E-state index contributed by atoms with van der Waals surface area (Å²) < 4.78 is 82.7. The molecular weight excluding hydrogens is 2000 g/mol. The van der Waals surface area contributed by atoms with Gasteiger partial charge in [0.25, 0.3) is 0 Å². The van der Waals surface area contributed by atoms with Crippen LogP contribution in [0.25, 0.3) is 87.0 Å². The van der Waals surface area contributed by atoms with Crippen molar-refractivity contribution in [1.29, 1.82) is 0 Å². The molecule has 16 aromatic rings. The molecule has 4 heterocycles. The number of anilines is 4. The Hall–Kier alpha value is -8.55. The first kappa shape index (κ1) is 87.3. The fourth-order valence-electron chi connectivity index (χ4n) is 13.8. The monoisotopic (exact) mass is 2060 g/mol. The number of carbonyl (C=O) groups excluding carboxylic acids is 4. The molecule has 12 aromatic carbocycles. The zero-order valence-electron chi connectivity index (χ0n) is 62.9. The lowest BCUT2D eigenvalue weighted by Gasteiger charge is -2.19. The number of furan rings is 4. The van der Waals surface area contributed by atoms with Crippen LogP contribution in [0.5, 0.6) is 5.75 Å². The first-order chi connectivity index (χ1) is 55.9. The fraction of sp³-hybridized carbons (Fsp3) is 0.116. The second kappa shape index (κ2) is 36.0. The standard InChI is InChI=1S/C22H18Br2NO5P.C22H18Br2NO4P.C21H16Br2NO4P.C21H17ClNO4P/c1-29-20-17(23)10-15-16(11-30-19(15)18(20)24)21(31(2,27)28)22(26)25-14-8-7-12-5-3-4-6-13(12)9-14;1-12-18(23)10-16-17(11-29-20(16)19(12)24)21(30(2,27)28)22(26)25-15-8-7-13-5-3-4-6-14(13)9-15;1-29(26,27)20(17-11-28-19-16(17)9-14(22)10-18(19)23)21(25)24-15-7-6-12-4-2-3-5-13(12)8-15;1-28(25,26)20(18-12-27-19-9-7-15(22)11-17(18)19)21(24)23-16-8-6-13-4-2-3-5-14(13)10-16/h3-11,21H,1-2H3,(H,25,26)(H,27,28);3-11,21H,1-2H3,(H,25,26)(H,27,28);2-11,20H,1H3,(H,24,25)(H,26,27);2-12,20H,1H3,(H,23,24)(H,25,26). The van der Waals surface area contributed by atoms with E-state index in [0.717, 1.165) is 62.1 Å². The first-order valence-corrected chi connectivity index (χ1v) is 49.5. The van der Waals surface area contributed by atoms with E-state index in [1.807, 2.05) is 159 Å². The van der Waals surface area contributed by atoms with Crippen LogP contribution in [-0.2, 0) is 37.4 Å². The van der Waals surface area contributed by atoms with Crippen LogP contribution >= 0.6 is 137 Å². The number of halogens is 7. The summed E-state index contributed by atoms with van der Waals surface area (Å²) in [5.74, 6) is -1.77. The van der Waals surface area contributed by atoms with E-state index in [2.05, 4.69) is 117 Å². The fourth-order valence-corrected chi connectivity index (χ4v) is 22.9. The Labute approximate surface area is 730 Å². The molecule has 16 rings (SSSR count). The van der Waals surface area contributed by atoms with Crippen molar-refractivity contribution in [2.45, 2.75) is 29.6 Å². The number of carbonyl (C=O) groups is 4. The van der Waals surface area contributed by atoms with E-state index >= 15 is 0 Å². The van der Waals surface area contributed by atoms with Crippen molar-refractivity contribution in [1.82, 2.24) is 0 Å². The minimum Gasteiger partial charge on any atom is -0.494 e. The van der Waals surface area contributed by atoms with Crippen LogP contribution in [-0.4, -0.2) is 77.0 Å². The van der Waals surface area contributed by atoms with Gasteiger partial charge < -0.3 is 63.2 Å². The number of ether oxygens (including phenoxy) is 1. The Balaban J connectivity index is 0.000000136. The predicted molar refractivity (Wildman–Crippen MR) is 492 cm³/mol. The number of fused-ring (bicyclic) bond motifs is 8. The summed E-state index contributed by atoms with van der Waals surface area (Å²) in [5.41, 5.74) is 1.38. The molecule has 118 heavy (non-hydrogen) atoms. The maximum absolute atomic E-state index is 13.2. The summed E-state index contributed by atoms with van der Waals surface area (Å²) in [6, 6.07) is 65.1. The number of hydrogen-bond donors (Lipinski definition) is 8. The minimum atomic E-state index is -3.89. The second-order valence-electron chi connectivity index (χ2n) is 28.0. The Morgan fingerprint density at radius 3 is 1.03 bits per heavy atom. The summed E-state index contributed by atoms with van der Waals surface area (Å²) in [6.45, 7) is 6.62. The Kier molecular flexibility index (Phi) is 26.6. The number of amides is 4. The second-order valence-corrected chi connectivity index (χ2v) is 43.1. The maximum atomic E-state index is 13.2. The van der Waals surface area contributed by atoms with Gasteiger partial charge in [-0.25, -0.2) is 0 Å². The van der Waals surface area contributed by atoms with Gasteiger partial charge in [0.2, 0.25) is 53.1 Å². The van der Waals surface area contributed by atoms with Crippen molar-refractivity contribution in [2.75, 3.05) is 55.0 Å². The third-order valence-electron chi connectivity index (χ3n) is 19.3. The lowest BCUT2D eigenvalue weighted by Crippen LogP contribution is -2.21.